The Bertz CT molecular complexity index is 3860. The average molecular weight is 1950 g/mol. The van der Waals surface area contributed by atoms with Crippen molar-refractivity contribution in [1.29, 1.82) is 0 Å². The van der Waals surface area contributed by atoms with Crippen molar-refractivity contribution in [1.82, 2.24) is 0 Å². The Morgan fingerprint density at radius 3 is 0.650 bits per heavy atom. The van der Waals surface area contributed by atoms with Gasteiger partial charge < -0.3 is 51.1 Å². The van der Waals surface area contributed by atoms with Gasteiger partial charge in [-0.3, -0.25) is 0 Å². The summed E-state index contributed by atoms with van der Waals surface area (Å²) in [5, 5.41) is 102. The Hall–Kier alpha value is -1.18. The van der Waals surface area contributed by atoms with E-state index >= 15 is 0 Å². The minimum Gasteiger partial charge on any atom is -0.393 e. The van der Waals surface area contributed by atoms with Crippen LogP contribution in [-0.4, -0.2) is 110 Å². The van der Waals surface area contributed by atoms with Crippen molar-refractivity contribution < 1.29 is 51.1 Å². The monoisotopic (exact) mass is 1950 g/mol. The zero-order valence-electron chi connectivity index (χ0n) is 95.4. The molecule has 2 unspecified atom stereocenters. The highest BCUT2D eigenvalue weighted by molar-refractivity contribution is 5.31. The molecule has 0 heterocycles. The van der Waals surface area contributed by atoms with E-state index in [0.717, 1.165) is 256 Å². The van der Waals surface area contributed by atoms with E-state index in [4.69, 9.17) is 0 Å². The van der Waals surface area contributed by atoms with Gasteiger partial charge in [0.25, 0.3) is 0 Å². The van der Waals surface area contributed by atoms with Crippen LogP contribution in [0.1, 0.15) is 507 Å². The highest BCUT2D eigenvalue weighted by atomic mass is 16.3. The molecule has 10 N–H and O–H groups in total. The molecule has 0 saturated heterocycles. The van der Waals surface area contributed by atoms with E-state index in [9.17, 15) is 51.1 Å². The fourth-order valence-electron chi connectivity index (χ4n) is 43.7. The molecular formula is C130H224O10. The second kappa shape index (κ2) is 41.7. The maximum Gasteiger partial charge on any atom is 0.0657 e. The van der Waals surface area contributed by atoms with Crippen LogP contribution in [0.2, 0.25) is 0 Å². The molecule has 140 heavy (non-hydrogen) atoms. The minimum atomic E-state index is -0.487. The van der Waals surface area contributed by atoms with Gasteiger partial charge in [0.15, 0.2) is 0 Å². The van der Waals surface area contributed by atoms with Crippen molar-refractivity contribution in [3.63, 3.8) is 0 Å². The predicted octanol–water partition coefficient (Wildman–Crippen LogP) is 30.7. The predicted molar refractivity (Wildman–Crippen MR) is 580 cm³/mol. The summed E-state index contributed by atoms with van der Waals surface area (Å²) < 4.78 is 0. The molecular weight excluding hydrogens is 1720 g/mol. The Kier molecular flexibility index (Phi) is 33.2. The second-order valence-corrected chi connectivity index (χ2v) is 61.2. The number of aliphatic hydroxyl groups is 10. The second-order valence-electron chi connectivity index (χ2n) is 61.2. The topological polar surface area (TPSA) is 202 Å². The smallest absolute Gasteiger partial charge is 0.0657 e. The van der Waals surface area contributed by atoms with Gasteiger partial charge in [0, 0.05) is 0 Å². The fourth-order valence-corrected chi connectivity index (χ4v) is 43.7. The first kappa shape index (κ1) is 111. The van der Waals surface area contributed by atoms with Crippen LogP contribution in [0.4, 0.5) is 0 Å². The number of aliphatic hydroxyl groups excluding tert-OH is 5. The molecule has 20 aliphatic rings. The zero-order valence-corrected chi connectivity index (χ0v) is 95.4. The molecule has 0 bridgehead atoms. The van der Waals surface area contributed by atoms with Gasteiger partial charge in [-0.25, -0.2) is 0 Å². The molecule has 0 amide bonds. The van der Waals surface area contributed by atoms with Gasteiger partial charge in [-0.05, 0) is 617 Å². The summed E-state index contributed by atoms with van der Waals surface area (Å²) in [6.07, 6.45) is 70.7. The van der Waals surface area contributed by atoms with Gasteiger partial charge in [0.05, 0.1) is 58.5 Å². The SMILES string of the molecule is CC(O)CC[C@@H](C)[C@H]1CC[C@H]2[C@@H]3CC=C4C[C@@](C)(O)CC[C@]4(C)[C@H]3CC[C@]12C.CC(O)CC[C@@H](C)[C@H]1CC[C@H]2[C@@H]3CC[C@H]4C[C@@](C)(O)CC[C@]4(C)[C@H]3CC[C@]12C.C[C@H](CC[C@@H](C)O)[C@H]1CC[C@H]2[C@@H]3CC=C4C[C@@](C)(O)CC[C@]4(C)[C@H]3CC[C@]12C.C[C@H](CC[C@@H](C)O)[C@H]1CC[C@H]2[C@@H]3CC[C@H]4C[C@@](C)(O)CC[C@]4(C)[C@H]3CC[C@]12C.C[C@H](O)CC[C@@H](C)[C@H]1CC[C@H]2[C@@H]3CC=C4C[C@@](C)(O)CC[C@]4(C)[C@H]3CC[C@]12C. The Labute approximate surface area is 860 Å². The fraction of sp³-hybridized carbons (Fsp3) is 0.954. The van der Waals surface area contributed by atoms with Gasteiger partial charge >= 0.3 is 0 Å². The van der Waals surface area contributed by atoms with Gasteiger partial charge in [-0.2, -0.15) is 0 Å². The van der Waals surface area contributed by atoms with Crippen LogP contribution in [0.3, 0.4) is 0 Å². The molecule has 20 rings (SSSR count). The molecule has 0 aliphatic heterocycles. The van der Waals surface area contributed by atoms with Crippen LogP contribution < -0.4 is 0 Å². The number of hydrogen-bond donors (Lipinski definition) is 10. The standard InChI is InChI=1S/2C26H46O2.3C26H44O2/c5*1-17(6-7-18(2)27)21-10-11-22-20-9-8-19-16-24(3,28)14-15-25(19,4)23(20)12-13-26(21,22)5/h2*17-23,27-28H,6-16H2,1-5H3;3*8,17-18,20-23,27-28H,6-7,9-16H2,1-5H3/t17-,18?,19+,20+,21-,22+,23+,24+,25+,26-;17-,18-,19+,20+,21-,22+,23+,24+,25+,26-;17-,18?,20+,21-,22+,23+,24+,25+,26-;17-,18+,20+,21-,22+,23+,24+,25+,26-;17-,18-,20+,21-,22+,23+,24+,25+,26-/m11111/s1. The summed E-state index contributed by atoms with van der Waals surface area (Å²) in [6.45, 7) is 58.2. The normalized spacial score (nSPS) is 51.3. The molecule has 10 heteroatoms. The van der Waals surface area contributed by atoms with Crippen molar-refractivity contribution in [3.05, 3.63) is 34.9 Å². The zero-order chi connectivity index (χ0) is 102. The molecule has 804 valence electrons. The van der Waals surface area contributed by atoms with E-state index in [0.29, 0.717) is 54.1 Å². The first-order valence-electron chi connectivity index (χ1n) is 61.4. The molecule has 0 aromatic heterocycles. The molecule has 10 nitrogen and oxygen atoms in total. The first-order chi connectivity index (χ1) is 65.3. The van der Waals surface area contributed by atoms with Crippen molar-refractivity contribution >= 4 is 0 Å². The molecule has 0 radical (unpaired) electrons. The van der Waals surface area contributed by atoms with Crippen molar-refractivity contribution in [2.24, 2.45) is 214 Å². The molecule has 0 spiro atoms. The third kappa shape index (κ3) is 21.4. The van der Waals surface area contributed by atoms with Crippen molar-refractivity contribution in [2.45, 2.75) is 566 Å². The van der Waals surface area contributed by atoms with Gasteiger partial charge in [-0.1, -0.05) is 139 Å². The van der Waals surface area contributed by atoms with Crippen LogP contribution in [-0.2, 0) is 0 Å². The summed E-state index contributed by atoms with van der Waals surface area (Å²) >= 11 is 0. The number of rotatable bonds is 20. The third-order valence-corrected chi connectivity index (χ3v) is 52.0. The Morgan fingerprint density at radius 1 is 0.214 bits per heavy atom. The number of allylic oxidation sites excluding steroid dienone is 3. The molecule has 17 saturated carbocycles. The lowest BCUT2D eigenvalue weighted by Crippen LogP contribution is -2.55. The lowest BCUT2D eigenvalue weighted by atomic mass is 9.43. The maximum atomic E-state index is 10.7. The van der Waals surface area contributed by atoms with Crippen LogP contribution in [0, 0.1) is 214 Å². The van der Waals surface area contributed by atoms with E-state index in [-0.39, 0.29) is 30.5 Å². The van der Waals surface area contributed by atoms with Gasteiger partial charge in [-0.15, -0.1) is 0 Å². The summed E-state index contributed by atoms with van der Waals surface area (Å²) in [6, 6.07) is 0. The van der Waals surface area contributed by atoms with Gasteiger partial charge in [0.2, 0.25) is 0 Å². The summed E-state index contributed by atoms with van der Waals surface area (Å²) in [7, 11) is 0. The Balaban J connectivity index is 0.000000126. The lowest BCUT2D eigenvalue weighted by molar-refractivity contribution is -0.148. The van der Waals surface area contributed by atoms with E-state index in [1.807, 2.05) is 55.4 Å². The summed E-state index contributed by atoms with van der Waals surface area (Å²) in [5.74, 6) is 22.5. The van der Waals surface area contributed by atoms with Crippen molar-refractivity contribution in [3.8, 4) is 0 Å². The third-order valence-electron chi connectivity index (χ3n) is 52.0. The van der Waals surface area contributed by atoms with Gasteiger partial charge in [0.1, 0.15) is 0 Å². The Morgan fingerprint density at radius 2 is 0.421 bits per heavy atom. The van der Waals surface area contributed by atoms with Crippen LogP contribution in [0.25, 0.3) is 0 Å². The largest absolute Gasteiger partial charge is 0.393 e. The molecule has 0 aromatic rings. The molecule has 0 aromatic carbocycles. The van der Waals surface area contributed by atoms with E-state index < -0.39 is 28.0 Å². The summed E-state index contributed by atoms with van der Waals surface area (Å²) in [4.78, 5) is 0. The number of hydrogen-bond acceptors (Lipinski definition) is 10. The minimum absolute atomic E-state index is 0.151. The molecule has 20 aliphatic carbocycles. The van der Waals surface area contributed by atoms with E-state index in [1.54, 1.807) is 16.7 Å². The van der Waals surface area contributed by atoms with Crippen LogP contribution >= 0.6 is 0 Å². The quantitative estimate of drug-likeness (QED) is 0.0523. The highest BCUT2D eigenvalue weighted by Gasteiger charge is 2.68. The molecule has 47 atom stereocenters. The van der Waals surface area contributed by atoms with Crippen LogP contribution in [0.15, 0.2) is 34.9 Å². The number of fused-ring (bicyclic) bond motifs is 25. The van der Waals surface area contributed by atoms with Crippen LogP contribution in [0.5, 0.6) is 0 Å². The highest BCUT2D eigenvalue weighted by Crippen LogP contribution is 2.76. The average Bonchev–Trinajstić information content (AvgIpc) is 1.45. The van der Waals surface area contributed by atoms with E-state index in [1.165, 1.54) is 238 Å². The van der Waals surface area contributed by atoms with E-state index in [2.05, 4.69) is 136 Å². The summed E-state index contributed by atoms with van der Waals surface area (Å²) in [5.41, 5.74) is 6.95. The maximum absolute atomic E-state index is 10.7. The first-order valence-corrected chi connectivity index (χ1v) is 61.4. The lowest BCUT2D eigenvalue weighted by Gasteiger charge is -2.62. The van der Waals surface area contributed by atoms with Crippen molar-refractivity contribution in [2.75, 3.05) is 0 Å². The molecule has 17 fully saturated rings.